The molecular weight excluding hydrogens is 184 g/mol. The molecular formula is C9H8N2O3. The molecule has 0 spiro atoms. The van der Waals surface area contributed by atoms with Gasteiger partial charge in [0.2, 0.25) is 0 Å². The molecule has 0 saturated heterocycles. The topological polar surface area (TPSA) is 78.3 Å². The largest absolute Gasteiger partial charge is 0.462 e. The maximum atomic E-state index is 11.1. The SMILES string of the molecule is COC(=O)c1nc2ccc(N)cc2o1. The predicted molar refractivity (Wildman–Crippen MR) is 49.8 cm³/mol. The highest BCUT2D eigenvalue weighted by Gasteiger charge is 2.14. The van der Waals surface area contributed by atoms with E-state index in [2.05, 4.69) is 9.72 Å². The van der Waals surface area contributed by atoms with Crippen LogP contribution in [0.3, 0.4) is 0 Å². The van der Waals surface area contributed by atoms with Crippen molar-refractivity contribution in [2.24, 2.45) is 0 Å². The third-order valence-corrected chi connectivity index (χ3v) is 1.77. The molecule has 1 aromatic carbocycles. The molecule has 0 unspecified atom stereocenters. The van der Waals surface area contributed by atoms with Crippen molar-refractivity contribution in [2.75, 3.05) is 12.8 Å². The molecule has 2 rings (SSSR count). The van der Waals surface area contributed by atoms with Gasteiger partial charge in [-0.2, -0.15) is 0 Å². The number of aromatic nitrogens is 1. The number of esters is 1. The first-order chi connectivity index (χ1) is 6.70. The number of carbonyl (C=O) groups excluding carboxylic acids is 1. The van der Waals surface area contributed by atoms with E-state index in [-0.39, 0.29) is 5.89 Å². The number of fused-ring (bicyclic) bond motifs is 1. The molecule has 2 aromatic rings. The quantitative estimate of drug-likeness (QED) is 0.542. The monoisotopic (exact) mass is 192 g/mol. The van der Waals surface area contributed by atoms with Gasteiger partial charge in [0.05, 0.1) is 7.11 Å². The standard InChI is InChI=1S/C9H8N2O3/c1-13-9(12)8-11-6-3-2-5(10)4-7(6)14-8/h2-4H,10H2,1H3. The van der Waals surface area contributed by atoms with Gasteiger partial charge >= 0.3 is 11.9 Å². The Morgan fingerprint density at radius 2 is 2.36 bits per heavy atom. The Morgan fingerprint density at radius 1 is 1.57 bits per heavy atom. The summed E-state index contributed by atoms with van der Waals surface area (Å²) in [5.41, 5.74) is 7.16. The summed E-state index contributed by atoms with van der Waals surface area (Å²) in [5.74, 6) is -0.659. The second-order valence-electron chi connectivity index (χ2n) is 2.74. The second kappa shape index (κ2) is 3.02. The normalized spacial score (nSPS) is 10.4. The summed E-state index contributed by atoms with van der Waals surface area (Å²) in [6.45, 7) is 0. The minimum absolute atomic E-state index is 0.0619. The molecule has 5 nitrogen and oxygen atoms in total. The predicted octanol–water partition coefficient (Wildman–Crippen LogP) is 1.20. The number of nitrogen functional groups attached to an aromatic ring is 1. The number of carbonyl (C=O) groups is 1. The maximum absolute atomic E-state index is 11.1. The number of ether oxygens (including phenoxy) is 1. The molecule has 14 heavy (non-hydrogen) atoms. The van der Waals surface area contributed by atoms with Gasteiger partial charge in [-0.3, -0.25) is 0 Å². The first-order valence-corrected chi connectivity index (χ1v) is 3.95. The fourth-order valence-corrected chi connectivity index (χ4v) is 1.12. The first kappa shape index (κ1) is 8.55. The molecule has 0 aliphatic rings. The lowest BCUT2D eigenvalue weighted by molar-refractivity contribution is 0.0559. The molecule has 5 heteroatoms. The lowest BCUT2D eigenvalue weighted by Gasteiger charge is -1.89. The molecule has 0 radical (unpaired) electrons. The van der Waals surface area contributed by atoms with Crippen LogP contribution in [0.15, 0.2) is 22.6 Å². The molecule has 0 bridgehead atoms. The van der Waals surface area contributed by atoms with Crippen LogP contribution in [0.25, 0.3) is 11.1 Å². The highest BCUT2D eigenvalue weighted by atomic mass is 16.5. The van der Waals surface area contributed by atoms with Gasteiger partial charge in [-0.25, -0.2) is 9.78 Å². The molecule has 0 amide bonds. The van der Waals surface area contributed by atoms with Crippen LogP contribution in [0.5, 0.6) is 0 Å². The number of oxazole rings is 1. The van der Waals surface area contributed by atoms with E-state index < -0.39 is 5.97 Å². The van der Waals surface area contributed by atoms with Gasteiger partial charge in [0.15, 0.2) is 5.58 Å². The van der Waals surface area contributed by atoms with Gasteiger partial charge in [0, 0.05) is 11.8 Å². The average molecular weight is 192 g/mol. The van der Waals surface area contributed by atoms with E-state index >= 15 is 0 Å². The van der Waals surface area contributed by atoms with Crippen molar-refractivity contribution in [3.8, 4) is 0 Å². The van der Waals surface area contributed by atoms with Crippen molar-refractivity contribution < 1.29 is 13.9 Å². The van der Waals surface area contributed by atoms with Crippen LogP contribution in [0.4, 0.5) is 5.69 Å². The van der Waals surface area contributed by atoms with E-state index in [9.17, 15) is 4.79 Å². The van der Waals surface area contributed by atoms with E-state index in [1.165, 1.54) is 7.11 Å². The number of hydrogen-bond donors (Lipinski definition) is 1. The zero-order valence-electron chi connectivity index (χ0n) is 7.48. The Hall–Kier alpha value is -2.04. The van der Waals surface area contributed by atoms with Gasteiger partial charge in [0.25, 0.3) is 0 Å². The van der Waals surface area contributed by atoms with Crippen LogP contribution in [-0.4, -0.2) is 18.1 Å². The number of anilines is 1. The molecule has 1 heterocycles. The Kier molecular flexibility index (Phi) is 1.85. The van der Waals surface area contributed by atoms with Crippen molar-refractivity contribution in [2.45, 2.75) is 0 Å². The number of nitrogens with zero attached hydrogens (tertiary/aromatic N) is 1. The van der Waals surface area contributed by atoms with E-state index in [1.54, 1.807) is 18.2 Å². The van der Waals surface area contributed by atoms with E-state index in [4.69, 9.17) is 10.2 Å². The van der Waals surface area contributed by atoms with E-state index in [1.807, 2.05) is 0 Å². The Labute approximate surface area is 79.5 Å². The van der Waals surface area contributed by atoms with Crippen molar-refractivity contribution in [3.05, 3.63) is 24.1 Å². The maximum Gasteiger partial charge on any atom is 0.394 e. The summed E-state index contributed by atoms with van der Waals surface area (Å²) in [7, 11) is 1.27. The summed E-state index contributed by atoms with van der Waals surface area (Å²) in [6.07, 6.45) is 0. The minimum Gasteiger partial charge on any atom is -0.462 e. The fraction of sp³-hybridized carbons (Fsp3) is 0.111. The van der Waals surface area contributed by atoms with Gasteiger partial charge in [-0.15, -0.1) is 0 Å². The zero-order valence-corrected chi connectivity index (χ0v) is 7.48. The van der Waals surface area contributed by atoms with Crippen LogP contribution in [0, 0.1) is 0 Å². The van der Waals surface area contributed by atoms with Crippen LogP contribution in [-0.2, 0) is 4.74 Å². The smallest absolute Gasteiger partial charge is 0.394 e. The lowest BCUT2D eigenvalue weighted by atomic mass is 10.3. The molecule has 2 N–H and O–H groups in total. The van der Waals surface area contributed by atoms with E-state index in [0.717, 1.165) is 0 Å². The van der Waals surface area contributed by atoms with Gasteiger partial charge in [-0.05, 0) is 12.1 Å². The highest BCUT2D eigenvalue weighted by Crippen LogP contribution is 2.18. The Morgan fingerprint density at radius 3 is 3.07 bits per heavy atom. The van der Waals surface area contributed by atoms with Crippen molar-refractivity contribution in [1.82, 2.24) is 4.98 Å². The molecule has 0 aliphatic carbocycles. The fourth-order valence-electron chi connectivity index (χ4n) is 1.12. The summed E-state index contributed by atoms with van der Waals surface area (Å²) in [5, 5.41) is 0. The molecule has 0 aliphatic heterocycles. The van der Waals surface area contributed by atoms with Gasteiger partial charge < -0.3 is 14.9 Å². The van der Waals surface area contributed by atoms with Crippen molar-refractivity contribution >= 4 is 22.8 Å². The van der Waals surface area contributed by atoms with Crippen LogP contribution in [0.2, 0.25) is 0 Å². The zero-order chi connectivity index (χ0) is 10.1. The lowest BCUT2D eigenvalue weighted by Crippen LogP contribution is -2.00. The third-order valence-electron chi connectivity index (χ3n) is 1.77. The number of methoxy groups -OCH3 is 1. The van der Waals surface area contributed by atoms with Crippen LogP contribution in [0.1, 0.15) is 10.7 Å². The average Bonchev–Trinajstić information content (AvgIpc) is 2.59. The Bertz CT molecular complexity index is 490. The van der Waals surface area contributed by atoms with Gasteiger partial charge in [0.1, 0.15) is 5.52 Å². The van der Waals surface area contributed by atoms with E-state index in [0.29, 0.717) is 16.8 Å². The van der Waals surface area contributed by atoms with Crippen LogP contribution >= 0.6 is 0 Å². The summed E-state index contributed by atoms with van der Waals surface area (Å²) < 4.78 is 9.61. The number of nitrogens with two attached hydrogens (primary N) is 1. The summed E-state index contributed by atoms with van der Waals surface area (Å²) in [4.78, 5) is 15.0. The first-order valence-electron chi connectivity index (χ1n) is 3.95. The van der Waals surface area contributed by atoms with Crippen LogP contribution < -0.4 is 5.73 Å². The minimum atomic E-state index is -0.597. The number of rotatable bonds is 1. The molecule has 0 fully saturated rings. The van der Waals surface area contributed by atoms with Gasteiger partial charge in [-0.1, -0.05) is 0 Å². The molecule has 0 saturated carbocycles. The number of hydrogen-bond acceptors (Lipinski definition) is 5. The Balaban J connectivity index is 2.56. The molecule has 0 atom stereocenters. The third kappa shape index (κ3) is 1.28. The summed E-state index contributed by atoms with van der Waals surface area (Å²) in [6, 6.07) is 4.97. The van der Waals surface area contributed by atoms with Crippen molar-refractivity contribution in [1.29, 1.82) is 0 Å². The molecule has 72 valence electrons. The van der Waals surface area contributed by atoms with Crippen molar-refractivity contribution in [3.63, 3.8) is 0 Å². The highest BCUT2D eigenvalue weighted by molar-refractivity contribution is 5.88. The summed E-state index contributed by atoms with van der Waals surface area (Å²) >= 11 is 0. The molecule has 1 aromatic heterocycles. The number of benzene rings is 1. The second-order valence-corrected chi connectivity index (χ2v) is 2.74.